The van der Waals surface area contributed by atoms with Crippen LogP contribution in [0.15, 0.2) is 29.3 Å². The maximum Gasteiger partial charge on any atom is 0.159 e. The summed E-state index contributed by atoms with van der Waals surface area (Å²) in [6.45, 7) is 6.64. The van der Waals surface area contributed by atoms with Crippen molar-refractivity contribution in [1.82, 2.24) is 0 Å². The molecule has 0 aromatic heterocycles. The highest BCUT2D eigenvalue weighted by Crippen LogP contribution is 2.06. The van der Waals surface area contributed by atoms with Gasteiger partial charge in [0.15, 0.2) is 5.78 Å². The van der Waals surface area contributed by atoms with E-state index in [1.807, 2.05) is 31.2 Å². The van der Waals surface area contributed by atoms with Crippen molar-refractivity contribution < 1.29 is 4.79 Å². The van der Waals surface area contributed by atoms with E-state index in [1.165, 1.54) is 6.42 Å². The molecule has 1 aromatic rings. The zero-order valence-corrected chi connectivity index (χ0v) is 10.3. The van der Waals surface area contributed by atoms with Gasteiger partial charge >= 0.3 is 0 Å². The SMILES string of the molecule is CCCCN=C(C)c1ccc(C(C)=O)cc1. The van der Waals surface area contributed by atoms with E-state index in [0.717, 1.165) is 29.8 Å². The van der Waals surface area contributed by atoms with Crippen molar-refractivity contribution >= 4 is 11.5 Å². The smallest absolute Gasteiger partial charge is 0.159 e. The van der Waals surface area contributed by atoms with Crippen molar-refractivity contribution in [3.63, 3.8) is 0 Å². The number of nitrogens with zero attached hydrogens (tertiary/aromatic N) is 1. The monoisotopic (exact) mass is 217 g/mol. The number of hydrogen-bond acceptors (Lipinski definition) is 2. The maximum absolute atomic E-state index is 11.1. The highest BCUT2D eigenvalue weighted by Gasteiger charge is 2.00. The van der Waals surface area contributed by atoms with Crippen LogP contribution in [0.25, 0.3) is 0 Å². The summed E-state index contributed by atoms with van der Waals surface area (Å²) in [6.07, 6.45) is 2.29. The number of carbonyl (C=O) groups is 1. The molecule has 1 aromatic carbocycles. The molecule has 0 aliphatic heterocycles. The average Bonchev–Trinajstić information content (AvgIpc) is 2.29. The number of benzene rings is 1. The van der Waals surface area contributed by atoms with Gasteiger partial charge in [0.2, 0.25) is 0 Å². The zero-order valence-electron chi connectivity index (χ0n) is 10.3. The Morgan fingerprint density at radius 1 is 1.12 bits per heavy atom. The molecule has 0 aliphatic carbocycles. The molecule has 0 saturated heterocycles. The predicted octanol–water partition coefficient (Wildman–Crippen LogP) is 3.50. The molecule has 1 rings (SSSR count). The molecule has 2 heteroatoms. The normalized spacial score (nSPS) is 11.6. The van der Waals surface area contributed by atoms with Gasteiger partial charge in [0.25, 0.3) is 0 Å². The van der Waals surface area contributed by atoms with Crippen LogP contribution < -0.4 is 0 Å². The van der Waals surface area contributed by atoms with E-state index in [0.29, 0.717) is 0 Å². The molecule has 0 bridgehead atoms. The summed E-state index contributed by atoms with van der Waals surface area (Å²) >= 11 is 0. The third-order valence-electron chi connectivity index (χ3n) is 2.57. The van der Waals surface area contributed by atoms with Gasteiger partial charge in [-0.15, -0.1) is 0 Å². The van der Waals surface area contributed by atoms with Gasteiger partial charge in [0, 0.05) is 17.8 Å². The molecule has 0 spiro atoms. The maximum atomic E-state index is 11.1. The number of rotatable bonds is 5. The number of hydrogen-bond donors (Lipinski definition) is 0. The van der Waals surface area contributed by atoms with Crippen molar-refractivity contribution in [3.05, 3.63) is 35.4 Å². The van der Waals surface area contributed by atoms with Crippen LogP contribution in [0.3, 0.4) is 0 Å². The Labute approximate surface area is 97.4 Å². The number of ketones is 1. The molecule has 0 heterocycles. The van der Waals surface area contributed by atoms with Crippen LogP contribution in [0, 0.1) is 0 Å². The van der Waals surface area contributed by atoms with Crippen LogP contribution in [0.5, 0.6) is 0 Å². The Kier molecular flexibility index (Phi) is 4.90. The lowest BCUT2D eigenvalue weighted by atomic mass is 10.1. The van der Waals surface area contributed by atoms with E-state index in [-0.39, 0.29) is 5.78 Å². The van der Waals surface area contributed by atoms with Crippen molar-refractivity contribution in [1.29, 1.82) is 0 Å². The van der Waals surface area contributed by atoms with Crippen LogP contribution >= 0.6 is 0 Å². The number of Topliss-reactive ketones (excluding diaryl/α,β-unsaturated/α-hetero) is 1. The predicted molar refractivity (Wildman–Crippen MR) is 68.4 cm³/mol. The Hall–Kier alpha value is -1.44. The molecule has 86 valence electrons. The van der Waals surface area contributed by atoms with Gasteiger partial charge in [0.1, 0.15) is 0 Å². The Bertz CT molecular complexity index is 376. The summed E-state index contributed by atoms with van der Waals surface area (Å²) in [5.41, 5.74) is 2.90. The second-order valence-electron chi connectivity index (χ2n) is 3.95. The van der Waals surface area contributed by atoms with Crippen molar-refractivity contribution in [2.24, 2.45) is 4.99 Å². The van der Waals surface area contributed by atoms with E-state index < -0.39 is 0 Å². The summed E-state index contributed by atoms with van der Waals surface area (Å²) in [7, 11) is 0. The van der Waals surface area contributed by atoms with Gasteiger partial charge in [-0.3, -0.25) is 9.79 Å². The lowest BCUT2D eigenvalue weighted by Crippen LogP contribution is -1.98. The van der Waals surface area contributed by atoms with E-state index in [1.54, 1.807) is 6.92 Å². The molecule has 0 unspecified atom stereocenters. The van der Waals surface area contributed by atoms with Crippen LogP contribution in [0.2, 0.25) is 0 Å². The lowest BCUT2D eigenvalue weighted by molar-refractivity contribution is 0.101. The quantitative estimate of drug-likeness (QED) is 0.421. The molecule has 0 N–H and O–H groups in total. The summed E-state index contributed by atoms with van der Waals surface area (Å²) in [5.74, 6) is 0.104. The summed E-state index contributed by atoms with van der Waals surface area (Å²) in [4.78, 5) is 15.6. The summed E-state index contributed by atoms with van der Waals surface area (Å²) < 4.78 is 0. The topological polar surface area (TPSA) is 29.4 Å². The third-order valence-corrected chi connectivity index (χ3v) is 2.57. The van der Waals surface area contributed by atoms with Crippen molar-refractivity contribution in [2.75, 3.05) is 6.54 Å². The van der Waals surface area contributed by atoms with Crippen LogP contribution in [-0.2, 0) is 0 Å². The first-order valence-electron chi connectivity index (χ1n) is 5.77. The minimum atomic E-state index is 0.104. The van der Waals surface area contributed by atoms with Gasteiger partial charge in [-0.25, -0.2) is 0 Å². The Balaban J connectivity index is 2.73. The Morgan fingerprint density at radius 2 is 1.69 bits per heavy atom. The molecule has 16 heavy (non-hydrogen) atoms. The number of unbranched alkanes of at least 4 members (excludes halogenated alkanes) is 1. The first-order chi connectivity index (χ1) is 7.65. The summed E-state index contributed by atoms with van der Waals surface area (Å²) in [5, 5.41) is 0. The second-order valence-corrected chi connectivity index (χ2v) is 3.95. The van der Waals surface area contributed by atoms with Crippen LogP contribution in [-0.4, -0.2) is 18.0 Å². The number of carbonyl (C=O) groups excluding carboxylic acids is 1. The number of aliphatic imine (C=N–C) groups is 1. The molecule has 2 nitrogen and oxygen atoms in total. The van der Waals surface area contributed by atoms with Crippen molar-refractivity contribution in [2.45, 2.75) is 33.6 Å². The minimum Gasteiger partial charge on any atom is -0.295 e. The summed E-state index contributed by atoms with van der Waals surface area (Å²) in [6, 6.07) is 7.63. The molecular weight excluding hydrogens is 198 g/mol. The molecule has 0 fully saturated rings. The highest BCUT2D eigenvalue weighted by atomic mass is 16.1. The first kappa shape index (κ1) is 12.6. The van der Waals surface area contributed by atoms with Crippen molar-refractivity contribution in [3.8, 4) is 0 Å². The highest BCUT2D eigenvalue weighted by molar-refractivity contribution is 6.00. The standard InChI is InChI=1S/C14H19NO/c1-4-5-10-15-11(2)13-6-8-14(9-7-13)12(3)16/h6-9H,4-5,10H2,1-3H3. The van der Waals surface area contributed by atoms with E-state index in [2.05, 4.69) is 11.9 Å². The molecular formula is C14H19NO. The fourth-order valence-electron chi connectivity index (χ4n) is 1.44. The van der Waals surface area contributed by atoms with E-state index >= 15 is 0 Å². The molecule has 0 aliphatic rings. The zero-order chi connectivity index (χ0) is 12.0. The van der Waals surface area contributed by atoms with Gasteiger partial charge in [-0.05, 0) is 25.8 Å². The molecule has 0 amide bonds. The fraction of sp³-hybridized carbons (Fsp3) is 0.429. The van der Waals surface area contributed by atoms with E-state index in [4.69, 9.17) is 0 Å². The Morgan fingerprint density at radius 3 is 2.19 bits per heavy atom. The van der Waals surface area contributed by atoms with Crippen LogP contribution in [0.1, 0.15) is 49.5 Å². The second kappa shape index (κ2) is 6.21. The fourth-order valence-corrected chi connectivity index (χ4v) is 1.44. The van der Waals surface area contributed by atoms with Gasteiger partial charge in [-0.1, -0.05) is 37.6 Å². The van der Waals surface area contributed by atoms with Gasteiger partial charge < -0.3 is 0 Å². The average molecular weight is 217 g/mol. The van der Waals surface area contributed by atoms with Crippen LogP contribution in [0.4, 0.5) is 0 Å². The van der Waals surface area contributed by atoms with Gasteiger partial charge in [0.05, 0.1) is 0 Å². The molecule has 0 saturated carbocycles. The minimum absolute atomic E-state index is 0.104. The lowest BCUT2D eigenvalue weighted by Gasteiger charge is -2.02. The molecule has 0 atom stereocenters. The van der Waals surface area contributed by atoms with E-state index in [9.17, 15) is 4.79 Å². The molecule has 0 radical (unpaired) electrons. The first-order valence-corrected chi connectivity index (χ1v) is 5.77. The largest absolute Gasteiger partial charge is 0.295 e. The third kappa shape index (κ3) is 3.61. The van der Waals surface area contributed by atoms with Gasteiger partial charge in [-0.2, -0.15) is 0 Å².